The van der Waals surface area contributed by atoms with E-state index in [1.54, 1.807) is 0 Å². The van der Waals surface area contributed by atoms with Crippen molar-refractivity contribution in [2.45, 2.75) is 25.9 Å². The first kappa shape index (κ1) is 15.0. The second-order valence-electron chi connectivity index (χ2n) is 5.81. The predicted molar refractivity (Wildman–Crippen MR) is 89.8 cm³/mol. The van der Waals surface area contributed by atoms with Gasteiger partial charge in [0, 0.05) is 48.3 Å². The Hall–Kier alpha value is -0.940. The molecule has 1 fully saturated rings. The Bertz CT molecular complexity index is 538. The quantitative estimate of drug-likeness (QED) is 0.920. The third-order valence-electron chi connectivity index (χ3n) is 4.46. The van der Waals surface area contributed by atoms with E-state index >= 15 is 0 Å². The van der Waals surface area contributed by atoms with Crippen molar-refractivity contribution in [3.8, 4) is 0 Å². The van der Waals surface area contributed by atoms with Crippen LogP contribution in [-0.2, 0) is 6.54 Å². The van der Waals surface area contributed by atoms with Crippen LogP contribution in [-0.4, -0.2) is 53.7 Å². The third-order valence-corrected chi connectivity index (χ3v) is 5.56. The Labute approximate surface area is 130 Å². The summed E-state index contributed by atoms with van der Waals surface area (Å²) in [5.74, 6) is 0. The molecule has 1 saturated heterocycles. The highest BCUT2D eigenvalue weighted by atomic mass is 32.1. The second-order valence-corrected chi connectivity index (χ2v) is 6.98. The molecule has 2 aromatic rings. The van der Waals surface area contributed by atoms with Crippen molar-refractivity contribution >= 4 is 21.4 Å². The maximum Gasteiger partial charge on any atom is 0.0586 e. The molecule has 3 nitrogen and oxygen atoms in total. The molecule has 0 bridgehead atoms. The van der Waals surface area contributed by atoms with Crippen molar-refractivity contribution in [1.29, 1.82) is 0 Å². The average Bonchev–Trinajstić information content (AvgIpc) is 2.92. The highest BCUT2D eigenvalue weighted by Crippen LogP contribution is 2.26. The Morgan fingerprint density at radius 2 is 1.95 bits per heavy atom. The van der Waals surface area contributed by atoms with Gasteiger partial charge in [-0.15, -0.1) is 11.3 Å². The monoisotopic (exact) mass is 304 g/mol. The first-order chi connectivity index (χ1) is 10.3. The van der Waals surface area contributed by atoms with E-state index in [1.807, 2.05) is 11.3 Å². The first-order valence-electron chi connectivity index (χ1n) is 7.85. The molecule has 0 saturated carbocycles. The molecule has 3 rings (SSSR count). The molecule has 4 heteroatoms. The average molecular weight is 304 g/mol. The van der Waals surface area contributed by atoms with Crippen molar-refractivity contribution in [1.82, 2.24) is 9.80 Å². The van der Waals surface area contributed by atoms with E-state index in [2.05, 4.69) is 47.1 Å². The summed E-state index contributed by atoms with van der Waals surface area (Å²) in [6.07, 6.45) is 1.03. The molecule has 1 aliphatic rings. The summed E-state index contributed by atoms with van der Waals surface area (Å²) in [5.41, 5.74) is 0. The standard InChI is InChI=1S/C17H24N2OS/c1-2-15(13-20)19-9-7-18(8-10-19)12-16-11-14-5-3-4-6-17(14)21-16/h3-6,11,15,20H,2,7-10,12-13H2,1H3/t15-/m0/s1. The SMILES string of the molecule is CC[C@@H](CO)N1CCN(Cc2cc3ccccc3s2)CC1. The fraction of sp³-hybridized carbons (Fsp3) is 0.529. The number of thiophene rings is 1. The lowest BCUT2D eigenvalue weighted by Crippen LogP contribution is -2.50. The molecule has 21 heavy (non-hydrogen) atoms. The van der Waals surface area contributed by atoms with Gasteiger partial charge in [0.15, 0.2) is 0 Å². The van der Waals surface area contributed by atoms with E-state index in [0.29, 0.717) is 6.04 Å². The topological polar surface area (TPSA) is 26.7 Å². The van der Waals surface area contributed by atoms with E-state index in [4.69, 9.17) is 0 Å². The van der Waals surface area contributed by atoms with Crippen LogP contribution in [0, 0.1) is 0 Å². The zero-order valence-corrected chi connectivity index (χ0v) is 13.5. The van der Waals surface area contributed by atoms with Gasteiger partial charge in [-0.2, -0.15) is 0 Å². The Balaban J connectivity index is 1.57. The van der Waals surface area contributed by atoms with Crippen LogP contribution >= 0.6 is 11.3 Å². The number of aliphatic hydroxyl groups excluding tert-OH is 1. The largest absolute Gasteiger partial charge is 0.395 e. The van der Waals surface area contributed by atoms with E-state index < -0.39 is 0 Å². The Kier molecular flexibility index (Phi) is 4.91. The number of aliphatic hydroxyl groups is 1. The molecular formula is C17H24N2OS. The van der Waals surface area contributed by atoms with Gasteiger partial charge in [0.05, 0.1) is 6.61 Å². The predicted octanol–water partition coefficient (Wildman–Crippen LogP) is 2.79. The minimum absolute atomic E-state index is 0.285. The highest BCUT2D eigenvalue weighted by Gasteiger charge is 2.22. The normalized spacial score (nSPS) is 19.1. The number of benzene rings is 1. The minimum Gasteiger partial charge on any atom is -0.395 e. The van der Waals surface area contributed by atoms with Gasteiger partial charge >= 0.3 is 0 Å². The summed E-state index contributed by atoms with van der Waals surface area (Å²) >= 11 is 1.91. The summed E-state index contributed by atoms with van der Waals surface area (Å²) in [6, 6.07) is 11.3. The molecule has 0 amide bonds. The summed E-state index contributed by atoms with van der Waals surface area (Å²) in [4.78, 5) is 6.42. The molecule has 114 valence electrons. The van der Waals surface area contributed by atoms with Crippen LogP contribution in [0.2, 0.25) is 0 Å². The zero-order chi connectivity index (χ0) is 14.7. The first-order valence-corrected chi connectivity index (χ1v) is 8.66. The van der Waals surface area contributed by atoms with Crippen LogP contribution in [0.3, 0.4) is 0 Å². The molecule has 2 heterocycles. The van der Waals surface area contributed by atoms with Gasteiger partial charge in [0.2, 0.25) is 0 Å². The molecule has 0 unspecified atom stereocenters. The fourth-order valence-corrected chi connectivity index (χ4v) is 4.23. The minimum atomic E-state index is 0.285. The van der Waals surface area contributed by atoms with Crippen LogP contribution in [0.25, 0.3) is 10.1 Å². The van der Waals surface area contributed by atoms with Gasteiger partial charge in [-0.05, 0) is 23.9 Å². The molecule has 1 atom stereocenters. The number of rotatable bonds is 5. The number of piperazine rings is 1. The van der Waals surface area contributed by atoms with Crippen LogP contribution in [0.15, 0.2) is 30.3 Å². The number of hydrogen-bond acceptors (Lipinski definition) is 4. The van der Waals surface area contributed by atoms with Crippen molar-refractivity contribution < 1.29 is 5.11 Å². The number of hydrogen-bond donors (Lipinski definition) is 1. The van der Waals surface area contributed by atoms with Crippen LogP contribution in [0.5, 0.6) is 0 Å². The van der Waals surface area contributed by atoms with Gasteiger partial charge in [-0.1, -0.05) is 25.1 Å². The highest BCUT2D eigenvalue weighted by molar-refractivity contribution is 7.19. The summed E-state index contributed by atoms with van der Waals surface area (Å²) < 4.78 is 1.39. The maximum atomic E-state index is 9.41. The summed E-state index contributed by atoms with van der Waals surface area (Å²) in [6.45, 7) is 7.85. The van der Waals surface area contributed by atoms with E-state index in [-0.39, 0.29) is 6.61 Å². The van der Waals surface area contributed by atoms with Gasteiger partial charge in [-0.3, -0.25) is 9.80 Å². The molecule has 0 radical (unpaired) electrons. The van der Waals surface area contributed by atoms with Crippen LogP contribution in [0.1, 0.15) is 18.2 Å². The summed E-state index contributed by atoms with van der Waals surface area (Å²) in [5, 5.41) is 10.8. The van der Waals surface area contributed by atoms with Gasteiger partial charge in [0.1, 0.15) is 0 Å². The van der Waals surface area contributed by atoms with E-state index in [0.717, 1.165) is 39.1 Å². The van der Waals surface area contributed by atoms with Crippen LogP contribution in [0.4, 0.5) is 0 Å². The van der Waals surface area contributed by atoms with Gasteiger partial charge < -0.3 is 5.11 Å². The second kappa shape index (κ2) is 6.88. The molecular weight excluding hydrogens is 280 g/mol. The Morgan fingerprint density at radius 3 is 2.62 bits per heavy atom. The maximum absolute atomic E-state index is 9.41. The van der Waals surface area contributed by atoms with Crippen molar-refractivity contribution in [2.24, 2.45) is 0 Å². The van der Waals surface area contributed by atoms with Crippen LogP contribution < -0.4 is 0 Å². The lowest BCUT2D eigenvalue weighted by atomic mass is 10.1. The zero-order valence-electron chi connectivity index (χ0n) is 12.7. The van der Waals surface area contributed by atoms with E-state index in [9.17, 15) is 5.11 Å². The van der Waals surface area contributed by atoms with Crippen molar-refractivity contribution in [3.05, 3.63) is 35.2 Å². The van der Waals surface area contributed by atoms with Crippen molar-refractivity contribution in [3.63, 3.8) is 0 Å². The van der Waals surface area contributed by atoms with E-state index in [1.165, 1.54) is 15.0 Å². The van der Waals surface area contributed by atoms with Crippen molar-refractivity contribution in [2.75, 3.05) is 32.8 Å². The molecule has 1 aromatic carbocycles. The molecule has 0 spiro atoms. The Morgan fingerprint density at radius 1 is 1.19 bits per heavy atom. The summed E-state index contributed by atoms with van der Waals surface area (Å²) in [7, 11) is 0. The van der Waals surface area contributed by atoms with Gasteiger partial charge in [-0.25, -0.2) is 0 Å². The lowest BCUT2D eigenvalue weighted by Gasteiger charge is -2.38. The smallest absolute Gasteiger partial charge is 0.0586 e. The fourth-order valence-electron chi connectivity index (χ4n) is 3.12. The van der Waals surface area contributed by atoms with Gasteiger partial charge in [0.25, 0.3) is 0 Å². The number of nitrogens with zero attached hydrogens (tertiary/aromatic N) is 2. The lowest BCUT2D eigenvalue weighted by molar-refractivity contribution is 0.0612. The molecule has 1 aromatic heterocycles. The third kappa shape index (κ3) is 3.46. The molecule has 1 N–H and O–H groups in total. The molecule has 1 aliphatic heterocycles. The molecule has 0 aliphatic carbocycles. The number of fused-ring (bicyclic) bond motifs is 1.